The summed E-state index contributed by atoms with van der Waals surface area (Å²) in [6.07, 6.45) is 3.98. The molecule has 0 aliphatic carbocycles. The van der Waals surface area contributed by atoms with Gasteiger partial charge in [0.25, 0.3) is 0 Å². The van der Waals surface area contributed by atoms with E-state index in [0.29, 0.717) is 6.54 Å². The number of rotatable bonds is 1. The van der Waals surface area contributed by atoms with Gasteiger partial charge >= 0.3 is 11.8 Å². The van der Waals surface area contributed by atoms with Crippen LogP contribution in [0.5, 0.6) is 0 Å². The van der Waals surface area contributed by atoms with Gasteiger partial charge in [0.2, 0.25) is 0 Å². The predicted molar refractivity (Wildman–Crippen MR) is 52.0 cm³/mol. The van der Waals surface area contributed by atoms with E-state index in [0.717, 1.165) is 25.7 Å². The van der Waals surface area contributed by atoms with E-state index in [1.54, 1.807) is 4.90 Å². The van der Waals surface area contributed by atoms with E-state index in [1.807, 2.05) is 12.3 Å². The fraction of sp³-hybridized carbons (Fsp3) is 0.778. The molecular formula is C9H17N3O2. The fourth-order valence-electron chi connectivity index (χ4n) is 1.88. The number of hydrogen-bond donors (Lipinski definition) is 2. The monoisotopic (exact) mass is 199 g/mol. The van der Waals surface area contributed by atoms with Gasteiger partial charge in [0, 0.05) is 12.6 Å². The molecule has 1 fully saturated rings. The molecule has 1 heterocycles. The molecule has 1 aliphatic heterocycles. The molecule has 0 spiro atoms. The third-order valence-corrected chi connectivity index (χ3v) is 2.68. The van der Waals surface area contributed by atoms with E-state index in [-0.39, 0.29) is 6.04 Å². The Morgan fingerprint density at radius 1 is 1.50 bits per heavy atom. The molecule has 14 heavy (non-hydrogen) atoms. The van der Waals surface area contributed by atoms with Gasteiger partial charge in [0.1, 0.15) is 0 Å². The molecule has 3 N–H and O–H groups in total. The minimum Gasteiger partial charge on any atom is -0.331 e. The summed E-state index contributed by atoms with van der Waals surface area (Å²) < 4.78 is 0. The molecule has 1 unspecified atom stereocenters. The Balaban J connectivity index is 2.63. The smallest absolute Gasteiger partial charge is 0.323 e. The molecule has 0 aromatic carbocycles. The number of piperidine rings is 1. The summed E-state index contributed by atoms with van der Waals surface area (Å²) in [5.41, 5.74) is 1.88. The van der Waals surface area contributed by atoms with Gasteiger partial charge in [-0.25, -0.2) is 5.84 Å². The zero-order chi connectivity index (χ0) is 10.6. The Labute approximate surface area is 83.6 Å². The van der Waals surface area contributed by atoms with E-state index in [2.05, 4.69) is 0 Å². The predicted octanol–water partition coefficient (Wildman–Crippen LogP) is -0.233. The second-order valence-electron chi connectivity index (χ2n) is 3.53. The van der Waals surface area contributed by atoms with Crippen LogP contribution in [0.1, 0.15) is 32.6 Å². The Hall–Kier alpha value is -1.10. The van der Waals surface area contributed by atoms with Crippen LogP contribution >= 0.6 is 0 Å². The third kappa shape index (κ3) is 2.23. The van der Waals surface area contributed by atoms with Gasteiger partial charge in [-0.1, -0.05) is 6.92 Å². The zero-order valence-corrected chi connectivity index (χ0v) is 8.45. The molecule has 0 aromatic rings. The molecule has 5 heteroatoms. The number of hydrazine groups is 1. The molecule has 5 nitrogen and oxygen atoms in total. The van der Waals surface area contributed by atoms with Crippen LogP contribution in [0.2, 0.25) is 0 Å². The van der Waals surface area contributed by atoms with Gasteiger partial charge in [-0.05, 0) is 25.7 Å². The highest BCUT2D eigenvalue weighted by Gasteiger charge is 2.28. The maximum atomic E-state index is 11.5. The van der Waals surface area contributed by atoms with Crippen molar-refractivity contribution in [1.29, 1.82) is 0 Å². The van der Waals surface area contributed by atoms with Crippen molar-refractivity contribution >= 4 is 11.8 Å². The fourth-order valence-corrected chi connectivity index (χ4v) is 1.88. The first kappa shape index (κ1) is 11.0. The van der Waals surface area contributed by atoms with Gasteiger partial charge < -0.3 is 4.90 Å². The summed E-state index contributed by atoms with van der Waals surface area (Å²) in [6, 6.07) is 0.202. The SMILES string of the molecule is CCC1CCCCN1C(=O)C(=O)NN. The molecule has 1 rings (SSSR count). The maximum absolute atomic E-state index is 11.5. The molecule has 0 saturated carbocycles. The molecule has 0 aromatic heterocycles. The van der Waals surface area contributed by atoms with Crippen molar-refractivity contribution in [3.8, 4) is 0 Å². The topological polar surface area (TPSA) is 75.4 Å². The third-order valence-electron chi connectivity index (χ3n) is 2.68. The van der Waals surface area contributed by atoms with Crippen LogP contribution in [0, 0.1) is 0 Å². The second kappa shape index (κ2) is 4.95. The minimum absolute atomic E-state index is 0.202. The molecule has 1 aliphatic rings. The summed E-state index contributed by atoms with van der Waals surface area (Å²) in [5.74, 6) is 3.70. The molecule has 1 atom stereocenters. The number of likely N-dealkylation sites (tertiary alicyclic amines) is 1. The Morgan fingerprint density at radius 2 is 2.21 bits per heavy atom. The van der Waals surface area contributed by atoms with Crippen LogP contribution in [-0.4, -0.2) is 29.3 Å². The van der Waals surface area contributed by atoms with Gasteiger partial charge in [-0.3, -0.25) is 15.0 Å². The standard InChI is InChI=1S/C9H17N3O2/c1-2-7-5-3-4-6-12(7)9(14)8(13)11-10/h7H,2-6,10H2,1H3,(H,11,13). The first-order chi connectivity index (χ1) is 6.70. The van der Waals surface area contributed by atoms with Crippen LogP contribution in [0.25, 0.3) is 0 Å². The van der Waals surface area contributed by atoms with Crippen molar-refractivity contribution in [1.82, 2.24) is 10.3 Å². The molecule has 0 radical (unpaired) electrons. The Morgan fingerprint density at radius 3 is 2.79 bits per heavy atom. The molecule has 0 bridgehead atoms. The van der Waals surface area contributed by atoms with Crippen molar-refractivity contribution in [2.75, 3.05) is 6.54 Å². The molecule has 2 amide bonds. The van der Waals surface area contributed by atoms with Crippen LogP contribution < -0.4 is 11.3 Å². The molecule has 80 valence electrons. The Bertz CT molecular complexity index is 230. The van der Waals surface area contributed by atoms with Gasteiger partial charge in [-0.2, -0.15) is 0 Å². The average molecular weight is 199 g/mol. The van der Waals surface area contributed by atoms with Crippen LogP contribution in [-0.2, 0) is 9.59 Å². The summed E-state index contributed by atoms with van der Waals surface area (Å²) in [6.45, 7) is 2.70. The van der Waals surface area contributed by atoms with E-state index in [1.165, 1.54) is 0 Å². The number of nitrogens with one attached hydrogen (secondary N) is 1. The highest BCUT2D eigenvalue weighted by Crippen LogP contribution is 2.19. The lowest BCUT2D eigenvalue weighted by atomic mass is 10.00. The van der Waals surface area contributed by atoms with Crippen molar-refractivity contribution in [2.45, 2.75) is 38.6 Å². The van der Waals surface area contributed by atoms with E-state index in [9.17, 15) is 9.59 Å². The van der Waals surface area contributed by atoms with Crippen LogP contribution in [0.3, 0.4) is 0 Å². The largest absolute Gasteiger partial charge is 0.331 e. The van der Waals surface area contributed by atoms with Crippen molar-refractivity contribution < 1.29 is 9.59 Å². The number of nitrogens with two attached hydrogens (primary N) is 1. The van der Waals surface area contributed by atoms with Gasteiger partial charge in [-0.15, -0.1) is 0 Å². The normalized spacial score (nSPS) is 21.9. The lowest BCUT2D eigenvalue weighted by Gasteiger charge is -2.34. The van der Waals surface area contributed by atoms with E-state index < -0.39 is 11.8 Å². The minimum atomic E-state index is -0.717. The van der Waals surface area contributed by atoms with Crippen molar-refractivity contribution in [3.05, 3.63) is 0 Å². The Kier molecular flexibility index (Phi) is 3.88. The van der Waals surface area contributed by atoms with Crippen LogP contribution in [0.15, 0.2) is 0 Å². The van der Waals surface area contributed by atoms with Crippen LogP contribution in [0.4, 0.5) is 0 Å². The van der Waals surface area contributed by atoms with Crippen molar-refractivity contribution in [2.24, 2.45) is 5.84 Å². The lowest BCUT2D eigenvalue weighted by molar-refractivity contribution is -0.148. The summed E-state index contributed by atoms with van der Waals surface area (Å²) in [7, 11) is 0. The molecule has 1 saturated heterocycles. The zero-order valence-electron chi connectivity index (χ0n) is 8.45. The second-order valence-corrected chi connectivity index (χ2v) is 3.53. The van der Waals surface area contributed by atoms with Crippen molar-refractivity contribution in [3.63, 3.8) is 0 Å². The summed E-state index contributed by atoms with van der Waals surface area (Å²) in [5, 5.41) is 0. The van der Waals surface area contributed by atoms with E-state index >= 15 is 0 Å². The number of nitrogens with zero attached hydrogens (tertiary/aromatic N) is 1. The summed E-state index contributed by atoms with van der Waals surface area (Å²) in [4.78, 5) is 24.2. The number of carbonyl (C=O) groups is 2. The highest BCUT2D eigenvalue weighted by atomic mass is 16.2. The lowest BCUT2D eigenvalue weighted by Crippen LogP contribution is -2.51. The first-order valence-electron chi connectivity index (χ1n) is 5.02. The van der Waals surface area contributed by atoms with E-state index in [4.69, 9.17) is 5.84 Å². The number of hydrogen-bond acceptors (Lipinski definition) is 3. The first-order valence-corrected chi connectivity index (χ1v) is 5.02. The number of amides is 2. The molecular weight excluding hydrogens is 182 g/mol. The van der Waals surface area contributed by atoms with Gasteiger partial charge in [0.05, 0.1) is 0 Å². The summed E-state index contributed by atoms with van der Waals surface area (Å²) >= 11 is 0. The average Bonchev–Trinajstić information content (AvgIpc) is 2.26. The van der Waals surface area contributed by atoms with Gasteiger partial charge in [0.15, 0.2) is 0 Å². The quantitative estimate of drug-likeness (QED) is 0.265. The number of carbonyl (C=O) groups excluding carboxylic acids is 2. The maximum Gasteiger partial charge on any atom is 0.323 e. The highest BCUT2D eigenvalue weighted by molar-refractivity contribution is 6.34.